The van der Waals surface area contributed by atoms with Gasteiger partial charge in [-0.1, -0.05) is 23.8 Å². The molecular formula is C19H21NO2. The lowest BCUT2D eigenvalue weighted by Crippen LogP contribution is -2.28. The minimum atomic E-state index is -0.0544. The Labute approximate surface area is 131 Å². The third kappa shape index (κ3) is 3.48. The molecule has 0 aliphatic heterocycles. The fraction of sp³-hybridized carbons (Fsp3) is 0.316. The Morgan fingerprint density at radius 3 is 2.86 bits per heavy atom. The van der Waals surface area contributed by atoms with Gasteiger partial charge in [0, 0.05) is 5.56 Å². The van der Waals surface area contributed by atoms with E-state index in [0.29, 0.717) is 18.7 Å². The van der Waals surface area contributed by atoms with Crippen molar-refractivity contribution in [2.24, 2.45) is 0 Å². The van der Waals surface area contributed by atoms with E-state index in [2.05, 4.69) is 17.4 Å². The van der Waals surface area contributed by atoms with E-state index in [4.69, 9.17) is 4.74 Å². The summed E-state index contributed by atoms with van der Waals surface area (Å²) in [4.78, 5) is 12.0. The van der Waals surface area contributed by atoms with Crippen LogP contribution in [0.25, 0.3) is 0 Å². The number of aryl methyl sites for hydroxylation is 3. The van der Waals surface area contributed by atoms with Gasteiger partial charge in [-0.25, -0.2) is 0 Å². The van der Waals surface area contributed by atoms with Crippen LogP contribution in [0.15, 0.2) is 42.5 Å². The Balaban J connectivity index is 1.46. The number of rotatable bonds is 5. The number of fused-ring (bicyclic) bond motifs is 1. The summed E-state index contributed by atoms with van der Waals surface area (Å²) in [6.45, 7) is 2.97. The molecule has 2 aromatic rings. The highest BCUT2D eigenvalue weighted by molar-refractivity contribution is 5.94. The fourth-order valence-electron chi connectivity index (χ4n) is 2.86. The molecule has 0 fully saturated rings. The summed E-state index contributed by atoms with van der Waals surface area (Å²) in [5.74, 6) is 0.840. The van der Waals surface area contributed by atoms with Crippen molar-refractivity contribution >= 4 is 5.91 Å². The number of benzene rings is 2. The molecule has 1 N–H and O–H groups in total. The number of hydrogen-bond donors (Lipinski definition) is 1. The largest absolute Gasteiger partial charge is 0.492 e. The minimum Gasteiger partial charge on any atom is -0.492 e. The van der Waals surface area contributed by atoms with Gasteiger partial charge in [-0.05, 0) is 61.6 Å². The van der Waals surface area contributed by atoms with E-state index in [-0.39, 0.29) is 5.91 Å². The molecule has 0 saturated heterocycles. The van der Waals surface area contributed by atoms with Crippen molar-refractivity contribution in [2.45, 2.75) is 26.2 Å². The Morgan fingerprint density at radius 2 is 2.00 bits per heavy atom. The van der Waals surface area contributed by atoms with Gasteiger partial charge in [-0.2, -0.15) is 0 Å². The van der Waals surface area contributed by atoms with Crippen LogP contribution in [0.1, 0.15) is 33.5 Å². The van der Waals surface area contributed by atoms with Crippen molar-refractivity contribution in [1.82, 2.24) is 5.32 Å². The van der Waals surface area contributed by atoms with E-state index in [1.807, 2.05) is 37.3 Å². The van der Waals surface area contributed by atoms with E-state index in [9.17, 15) is 4.79 Å². The highest BCUT2D eigenvalue weighted by atomic mass is 16.5. The first kappa shape index (κ1) is 14.6. The molecule has 2 aromatic carbocycles. The standard InChI is InChI=1S/C19H21NO2/c1-14-4-2-7-17(12-14)19(21)20-10-11-22-18-9-8-15-5-3-6-16(15)13-18/h2,4,7-9,12-13H,3,5-6,10-11H2,1H3,(H,20,21). The molecular weight excluding hydrogens is 274 g/mol. The van der Waals surface area contributed by atoms with Crippen LogP contribution in [0.5, 0.6) is 5.75 Å². The van der Waals surface area contributed by atoms with Crippen LogP contribution in [0.3, 0.4) is 0 Å². The summed E-state index contributed by atoms with van der Waals surface area (Å²) >= 11 is 0. The topological polar surface area (TPSA) is 38.3 Å². The lowest BCUT2D eigenvalue weighted by Gasteiger charge is -2.09. The number of hydrogen-bond acceptors (Lipinski definition) is 2. The normalized spacial score (nSPS) is 12.8. The smallest absolute Gasteiger partial charge is 0.251 e. The molecule has 0 unspecified atom stereocenters. The van der Waals surface area contributed by atoms with Crippen LogP contribution < -0.4 is 10.1 Å². The third-order valence-electron chi connectivity index (χ3n) is 4.01. The van der Waals surface area contributed by atoms with Crippen molar-refractivity contribution in [3.05, 3.63) is 64.7 Å². The van der Waals surface area contributed by atoms with Gasteiger partial charge in [0.05, 0.1) is 6.54 Å². The molecule has 0 heterocycles. The lowest BCUT2D eigenvalue weighted by atomic mass is 10.1. The summed E-state index contributed by atoms with van der Waals surface area (Å²) in [6.07, 6.45) is 3.57. The summed E-state index contributed by atoms with van der Waals surface area (Å²) in [5, 5.41) is 2.88. The molecule has 0 bridgehead atoms. The monoisotopic (exact) mass is 295 g/mol. The molecule has 0 aromatic heterocycles. The summed E-state index contributed by atoms with van der Waals surface area (Å²) < 4.78 is 5.73. The first-order chi connectivity index (χ1) is 10.7. The van der Waals surface area contributed by atoms with Crippen LogP contribution in [0.2, 0.25) is 0 Å². The zero-order valence-electron chi connectivity index (χ0n) is 12.9. The second-order valence-electron chi connectivity index (χ2n) is 5.76. The van der Waals surface area contributed by atoms with Gasteiger partial charge in [0.25, 0.3) is 5.91 Å². The Hall–Kier alpha value is -2.29. The third-order valence-corrected chi connectivity index (χ3v) is 4.01. The van der Waals surface area contributed by atoms with Crippen LogP contribution in [-0.2, 0) is 12.8 Å². The van der Waals surface area contributed by atoms with Crippen molar-refractivity contribution in [3.8, 4) is 5.75 Å². The maximum Gasteiger partial charge on any atom is 0.251 e. The number of amides is 1. The van der Waals surface area contributed by atoms with Gasteiger partial charge < -0.3 is 10.1 Å². The average Bonchev–Trinajstić information content (AvgIpc) is 2.99. The van der Waals surface area contributed by atoms with Crippen molar-refractivity contribution in [2.75, 3.05) is 13.2 Å². The number of ether oxygens (including phenoxy) is 1. The SMILES string of the molecule is Cc1cccc(C(=O)NCCOc2ccc3c(c2)CCC3)c1. The minimum absolute atomic E-state index is 0.0544. The molecule has 0 atom stereocenters. The van der Waals surface area contributed by atoms with Crippen LogP contribution in [0, 0.1) is 6.92 Å². The van der Waals surface area contributed by atoms with Gasteiger partial charge in [-0.3, -0.25) is 4.79 Å². The second-order valence-corrected chi connectivity index (χ2v) is 5.76. The van der Waals surface area contributed by atoms with E-state index in [1.165, 1.54) is 24.0 Å². The van der Waals surface area contributed by atoms with Gasteiger partial charge in [0.15, 0.2) is 0 Å². The van der Waals surface area contributed by atoms with Crippen molar-refractivity contribution in [1.29, 1.82) is 0 Å². The second kappa shape index (κ2) is 6.65. The molecule has 0 radical (unpaired) electrons. The quantitative estimate of drug-likeness (QED) is 0.860. The predicted octanol–water partition coefficient (Wildman–Crippen LogP) is 3.29. The fourth-order valence-corrected chi connectivity index (χ4v) is 2.86. The molecule has 0 saturated carbocycles. The van der Waals surface area contributed by atoms with Crippen LogP contribution in [-0.4, -0.2) is 19.1 Å². The maximum absolute atomic E-state index is 12.0. The summed E-state index contributed by atoms with van der Waals surface area (Å²) in [7, 11) is 0. The molecule has 1 amide bonds. The molecule has 3 nitrogen and oxygen atoms in total. The summed E-state index contributed by atoms with van der Waals surface area (Å²) in [6, 6.07) is 13.9. The molecule has 0 spiro atoms. The Kier molecular flexibility index (Phi) is 4.42. The van der Waals surface area contributed by atoms with E-state index < -0.39 is 0 Å². The first-order valence-electron chi connectivity index (χ1n) is 7.82. The molecule has 3 heteroatoms. The van der Waals surface area contributed by atoms with Gasteiger partial charge in [0.2, 0.25) is 0 Å². The van der Waals surface area contributed by atoms with E-state index in [0.717, 1.165) is 17.7 Å². The van der Waals surface area contributed by atoms with Gasteiger partial charge in [0.1, 0.15) is 12.4 Å². The number of nitrogens with one attached hydrogen (secondary N) is 1. The highest BCUT2D eigenvalue weighted by Crippen LogP contribution is 2.25. The Bertz CT molecular complexity index is 679. The predicted molar refractivity (Wildman–Crippen MR) is 87.5 cm³/mol. The van der Waals surface area contributed by atoms with Crippen LogP contribution in [0.4, 0.5) is 0 Å². The van der Waals surface area contributed by atoms with Gasteiger partial charge >= 0.3 is 0 Å². The van der Waals surface area contributed by atoms with E-state index in [1.54, 1.807) is 0 Å². The van der Waals surface area contributed by atoms with Crippen LogP contribution >= 0.6 is 0 Å². The maximum atomic E-state index is 12.0. The molecule has 3 rings (SSSR count). The molecule has 22 heavy (non-hydrogen) atoms. The molecule has 1 aliphatic rings. The molecule has 1 aliphatic carbocycles. The summed E-state index contributed by atoms with van der Waals surface area (Å²) in [5.41, 5.74) is 4.63. The van der Waals surface area contributed by atoms with Gasteiger partial charge in [-0.15, -0.1) is 0 Å². The highest BCUT2D eigenvalue weighted by Gasteiger charge is 2.11. The van der Waals surface area contributed by atoms with Crippen molar-refractivity contribution in [3.63, 3.8) is 0 Å². The number of carbonyl (C=O) groups is 1. The lowest BCUT2D eigenvalue weighted by molar-refractivity contribution is 0.0947. The van der Waals surface area contributed by atoms with Crippen molar-refractivity contribution < 1.29 is 9.53 Å². The molecule has 114 valence electrons. The van der Waals surface area contributed by atoms with E-state index >= 15 is 0 Å². The zero-order chi connectivity index (χ0) is 15.4. The zero-order valence-corrected chi connectivity index (χ0v) is 12.9. The number of carbonyl (C=O) groups excluding carboxylic acids is 1. The first-order valence-corrected chi connectivity index (χ1v) is 7.82. The Morgan fingerprint density at radius 1 is 1.14 bits per heavy atom. The average molecular weight is 295 g/mol.